The number of carbonyl (C=O) groups excluding carboxylic acids is 4. The van der Waals surface area contributed by atoms with Crippen LogP contribution in [0.1, 0.15) is 34.6 Å². The molecule has 1 aromatic rings. The largest absolute Gasteiger partial charge is 0.466 e. The van der Waals surface area contributed by atoms with Crippen LogP contribution in [0.4, 0.5) is 0 Å². The normalized spacial score (nSPS) is 11.4. The highest BCUT2D eigenvalue weighted by Gasteiger charge is 2.12. The predicted octanol–water partition coefficient (Wildman–Crippen LogP) is 2.15. The van der Waals surface area contributed by atoms with Crippen LogP contribution in [0.15, 0.2) is 47.9 Å². The maximum atomic E-state index is 11.9. The van der Waals surface area contributed by atoms with Gasteiger partial charge in [0, 0.05) is 0 Å². The number of rotatable bonds is 6. The first kappa shape index (κ1) is 20.6. The number of hydrogen-bond acceptors (Lipinski definition) is 8. The molecule has 8 nitrogen and oxygen atoms in total. The van der Waals surface area contributed by atoms with Gasteiger partial charge in [-0.25, -0.2) is 19.2 Å². The molecular formula is C18H18O8. The van der Waals surface area contributed by atoms with E-state index in [4.69, 9.17) is 9.47 Å². The molecule has 0 N–H and O–H groups in total. The van der Waals surface area contributed by atoms with Gasteiger partial charge >= 0.3 is 23.9 Å². The third kappa shape index (κ3) is 5.90. The first-order valence-corrected chi connectivity index (χ1v) is 7.32. The Hall–Kier alpha value is -3.42. The molecule has 0 saturated carbocycles. The van der Waals surface area contributed by atoms with Crippen LogP contribution in [0.5, 0.6) is 0 Å². The fourth-order valence-corrected chi connectivity index (χ4v) is 1.58. The van der Waals surface area contributed by atoms with Gasteiger partial charge in [0.1, 0.15) is 12.5 Å². The fraction of sp³-hybridized carbons (Fsp3) is 0.222. The van der Waals surface area contributed by atoms with E-state index >= 15 is 0 Å². The maximum absolute atomic E-state index is 11.9. The van der Waals surface area contributed by atoms with E-state index in [9.17, 15) is 19.2 Å². The van der Waals surface area contributed by atoms with Crippen molar-refractivity contribution in [1.29, 1.82) is 0 Å². The van der Waals surface area contributed by atoms with Gasteiger partial charge < -0.3 is 18.9 Å². The number of carbonyl (C=O) groups is 4. The number of esters is 4. The number of benzene rings is 1. The molecule has 0 fully saturated rings. The van der Waals surface area contributed by atoms with E-state index in [0.717, 1.165) is 12.5 Å². The van der Waals surface area contributed by atoms with Crippen molar-refractivity contribution in [2.75, 3.05) is 14.2 Å². The third-order valence-corrected chi connectivity index (χ3v) is 3.06. The molecule has 26 heavy (non-hydrogen) atoms. The molecule has 0 atom stereocenters. The fourth-order valence-electron chi connectivity index (χ4n) is 1.58. The average molecular weight is 362 g/mol. The Balaban J connectivity index is 2.73. The Morgan fingerprint density at radius 2 is 1.00 bits per heavy atom. The summed E-state index contributed by atoms with van der Waals surface area (Å²) >= 11 is 0. The number of ether oxygens (including phenoxy) is 4. The van der Waals surface area contributed by atoms with Crippen molar-refractivity contribution >= 4 is 23.9 Å². The van der Waals surface area contributed by atoms with Gasteiger partial charge in [-0.2, -0.15) is 0 Å². The molecule has 0 radical (unpaired) electrons. The summed E-state index contributed by atoms with van der Waals surface area (Å²) in [7, 11) is 2.42. The van der Waals surface area contributed by atoms with E-state index in [2.05, 4.69) is 9.47 Å². The highest BCUT2D eigenvalue weighted by molar-refractivity contribution is 5.94. The smallest absolute Gasteiger partial charge is 0.342 e. The van der Waals surface area contributed by atoms with Crippen LogP contribution in [0.3, 0.4) is 0 Å². The van der Waals surface area contributed by atoms with Gasteiger partial charge in [-0.15, -0.1) is 0 Å². The van der Waals surface area contributed by atoms with Crippen molar-refractivity contribution in [1.82, 2.24) is 0 Å². The highest BCUT2D eigenvalue weighted by atomic mass is 16.5. The Morgan fingerprint density at radius 3 is 1.27 bits per heavy atom. The molecule has 0 amide bonds. The number of hydrogen-bond donors (Lipinski definition) is 0. The summed E-state index contributed by atoms with van der Waals surface area (Å²) in [6, 6.07) is 5.43. The quantitative estimate of drug-likeness (QED) is 0.328. The van der Waals surface area contributed by atoms with E-state index in [-0.39, 0.29) is 22.3 Å². The van der Waals surface area contributed by atoms with Gasteiger partial charge in [-0.05, 0) is 38.1 Å². The summed E-state index contributed by atoms with van der Waals surface area (Å²) < 4.78 is 18.6. The van der Waals surface area contributed by atoms with Crippen LogP contribution >= 0.6 is 0 Å². The van der Waals surface area contributed by atoms with Crippen LogP contribution in [-0.2, 0) is 28.5 Å². The second-order valence-corrected chi connectivity index (χ2v) is 4.97. The summed E-state index contributed by atoms with van der Waals surface area (Å²) in [6.45, 7) is 2.87. The van der Waals surface area contributed by atoms with Crippen molar-refractivity contribution in [3.05, 3.63) is 59.1 Å². The van der Waals surface area contributed by atoms with E-state index in [0.29, 0.717) is 0 Å². The summed E-state index contributed by atoms with van der Waals surface area (Å²) in [5.41, 5.74) is 0.566. The molecular weight excluding hydrogens is 344 g/mol. The minimum atomic E-state index is -0.713. The number of methoxy groups -OCH3 is 2. The van der Waals surface area contributed by atoms with Crippen molar-refractivity contribution in [3.8, 4) is 0 Å². The third-order valence-electron chi connectivity index (χ3n) is 3.06. The lowest BCUT2D eigenvalue weighted by molar-refractivity contribution is -0.137. The molecule has 1 aromatic carbocycles. The zero-order chi connectivity index (χ0) is 19.7. The molecule has 0 aliphatic heterocycles. The van der Waals surface area contributed by atoms with Gasteiger partial charge in [-0.3, -0.25) is 0 Å². The maximum Gasteiger partial charge on any atom is 0.342 e. The monoisotopic (exact) mass is 362 g/mol. The Morgan fingerprint density at radius 1 is 0.692 bits per heavy atom. The average Bonchev–Trinajstić information content (AvgIpc) is 2.68. The molecule has 0 unspecified atom stereocenters. The molecule has 0 spiro atoms. The molecule has 0 aliphatic rings. The molecule has 0 saturated heterocycles. The highest BCUT2D eigenvalue weighted by Crippen LogP contribution is 2.09. The summed E-state index contributed by atoms with van der Waals surface area (Å²) in [5, 5.41) is 0. The van der Waals surface area contributed by atoms with Crippen molar-refractivity contribution in [3.63, 3.8) is 0 Å². The van der Waals surface area contributed by atoms with E-state index in [1.165, 1.54) is 52.3 Å². The molecule has 138 valence electrons. The molecule has 0 bridgehead atoms. The molecule has 0 heterocycles. The van der Waals surface area contributed by atoms with Gasteiger partial charge in [-0.1, -0.05) is 0 Å². The topological polar surface area (TPSA) is 105 Å². The summed E-state index contributed by atoms with van der Waals surface area (Å²) in [4.78, 5) is 46.1. The van der Waals surface area contributed by atoms with Crippen LogP contribution in [0.2, 0.25) is 0 Å². The molecule has 0 aromatic heterocycles. The van der Waals surface area contributed by atoms with Gasteiger partial charge in [0.25, 0.3) is 0 Å². The first-order chi connectivity index (χ1) is 12.3. The van der Waals surface area contributed by atoms with Crippen LogP contribution in [0.25, 0.3) is 0 Å². The van der Waals surface area contributed by atoms with Gasteiger partial charge in [0.2, 0.25) is 0 Å². The lowest BCUT2D eigenvalue weighted by Gasteiger charge is -2.04. The van der Waals surface area contributed by atoms with Crippen molar-refractivity contribution in [2.45, 2.75) is 13.8 Å². The first-order valence-electron chi connectivity index (χ1n) is 7.32. The van der Waals surface area contributed by atoms with Crippen molar-refractivity contribution < 1.29 is 38.1 Å². The zero-order valence-electron chi connectivity index (χ0n) is 14.7. The zero-order valence-corrected chi connectivity index (χ0v) is 14.7. The standard InChI is InChI=1S/C18H18O8/c1-11(15(19)23-3)9-25-17(21)13-5-7-14(8-6-13)18(22)26-10-12(2)16(20)24-4/h5-10H,1-4H3. The van der Waals surface area contributed by atoms with Crippen LogP contribution < -0.4 is 0 Å². The molecule has 8 heteroatoms. The second kappa shape index (κ2) is 9.77. The van der Waals surface area contributed by atoms with E-state index in [1.54, 1.807) is 0 Å². The predicted molar refractivity (Wildman–Crippen MR) is 88.8 cm³/mol. The molecule has 1 rings (SSSR count). The Kier molecular flexibility index (Phi) is 7.75. The Bertz CT molecular complexity index is 691. The molecule has 0 aliphatic carbocycles. The SMILES string of the molecule is COC(=O)C(C)=COC(=O)c1ccc(C(=O)OC=C(C)C(=O)OC)cc1. The van der Waals surface area contributed by atoms with Crippen molar-refractivity contribution in [2.24, 2.45) is 0 Å². The lowest BCUT2D eigenvalue weighted by atomic mass is 10.1. The van der Waals surface area contributed by atoms with Crippen LogP contribution in [-0.4, -0.2) is 38.1 Å². The van der Waals surface area contributed by atoms with Crippen LogP contribution in [0, 0.1) is 0 Å². The second-order valence-electron chi connectivity index (χ2n) is 4.97. The minimum absolute atomic E-state index is 0.119. The van der Waals surface area contributed by atoms with E-state index < -0.39 is 23.9 Å². The van der Waals surface area contributed by atoms with Gasteiger partial charge in [0.15, 0.2) is 0 Å². The minimum Gasteiger partial charge on any atom is -0.466 e. The van der Waals surface area contributed by atoms with E-state index in [1.807, 2.05) is 0 Å². The Labute approximate surface area is 150 Å². The lowest BCUT2D eigenvalue weighted by Crippen LogP contribution is -2.07. The van der Waals surface area contributed by atoms with Gasteiger partial charge in [0.05, 0.1) is 36.5 Å². The summed E-state index contributed by atoms with van der Waals surface area (Å²) in [5.74, 6) is -2.67. The summed E-state index contributed by atoms with van der Waals surface area (Å²) in [6.07, 6.45) is 1.97.